The van der Waals surface area contributed by atoms with Gasteiger partial charge in [0.1, 0.15) is 0 Å². The molecule has 0 amide bonds. The first-order valence-corrected chi connectivity index (χ1v) is 7.87. The van der Waals surface area contributed by atoms with Gasteiger partial charge >= 0.3 is 0 Å². The fraction of sp³-hybridized carbons (Fsp3) is 0.538. The van der Waals surface area contributed by atoms with E-state index < -0.39 is 10.0 Å². The Balaban J connectivity index is 2.22. The molecule has 1 aromatic rings. The number of hydrogen-bond donors (Lipinski definition) is 0. The molecule has 0 bridgehead atoms. The molecule has 1 aliphatic heterocycles. The van der Waals surface area contributed by atoms with Gasteiger partial charge in [0, 0.05) is 12.0 Å². The van der Waals surface area contributed by atoms with E-state index in [0.29, 0.717) is 6.54 Å². The molecule has 3 rings (SSSR count). The first-order chi connectivity index (χ1) is 7.94. The van der Waals surface area contributed by atoms with E-state index in [-0.39, 0.29) is 5.41 Å². The van der Waals surface area contributed by atoms with Crippen LogP contribution < -0.4 is 4.31 Å². The number of benzene rings is 1. The Hall–Kier alpha value is -1.03. The summed E-state index contributed by atoms with van der Waals surface area (Å²) < 4.78 is 25.4. The summed E-state index contributed by atoms with van der Waals surface area (Å²) in [5.74, 6) is 0. The van der Waals surface area contributed by atoms with E-state index >= 15 is 0 Å². The summed E-state index contributed by atoms with van der Waals surface area (Å²) >= 11 is 0. The van der Waals surface area contributed by atoms with Gasteiger partial charge in [-0.25, -0.2) is 8.42 Å². The number of para-hydroxylation sites is 1. The Morgan fingerprint density at radius 1 is 1.29 bits per heavy atom. The van der Waals surface area contributed by atoms with Crippen LogP contribution in [0.15, 0.2) is 18.2 Å². The summed E-state index contributed by atoms with van der Waals surface area (Å²) in [6, 6.07) is 6.14. The first kappa shape index (κ1) is 11.1. The van der Waals surface area contributed by atoms with Crippen molar-refractivity contribution in [3.8, 4) is 0 Å². The van der Waals surface area contributed by atoms with Crippen molar-refractivity contribution in [3.63, 3.8) is 0 Å². The maximum absolute atomic E-state index is 11.9. The highest BCUT2D eigenvalue weighted by molar-refractivity contribution is 7.92. The second-order valence-corrected chi connectivity index (χ2v) is 7.28. The zero-order chi connectivity index (χ0) is 12.3. The molecule has 92 valence electrons. The number of anilines is 1. The highest BCUT2D eigenvalue weighted by atomic mass is 32.2. The van der Waals surface area contributed by atoms with E-state index in [0.717, 1.165) is 24.1 Å². The second-order valence-electron chi connectivity index (χ2n) is 5.37. The van der Waals surface area contributed by atoms with Gasteiger partial charge in [0.2, 0.25) is 10.0 Å². The molecule has 0 aromatic heterocycles. The fourth-order valence-electron chi connectivity index (χ4n) is 3.17. The number of fused-ring (bicyclic) bond motifs is 2. The lowest BCUT2D eigenvalue weighted by atomic mass is 9.65. The summed E-state index contributed by atoms with van der Waals surface area (Å²) in [4.78, 5) is 0. The summed E-state index contributed by atoms with van der Waals surface area (Å²) in [7, 11) is -3.15. The SMILES string of the molecule is Cc1cccc2c1N(S(C)(=O)=O)CC21CCC1. The molecule has 0 saturated heterocycles. The molecule has 1 saturated carbocycles. The summed E-state index contributed by atoms with van der Waals surface area (Å²) in [5, 5.41) is 0. The summed E-state index contributed by atoms with van der Waals surface area (Å²) in [6.45, 7) is 2.64. The van der Waals surface area contributed by atoms with Crippen LogP contribution in [0.1, 0.15) is 30.4 Å². The number of sulfonamides is 1. The van der Waals surface area contributed by atoms with Crippen LogP contribution in [-0.2, 0) is 15.4 Å². The fourth-order valence-corrected chi connectivity index (χ4v) is 4.23. The Morgan fingerprint density at radius 3 is 2.53 bits per heavy atom. The average molecular weight is 251 g/mol. The van der Waals surface area contributed by atoms with Crippen molar-refractivity contribution in [1.82, 2.24) is 0 Å². The van der Waals surface area contributed by atoms with Crippen molar-refractivity contribution in [1.29, 1.82) is 0 Å². The van der Waals surface area contributed by atoms with Crippen LogP contribution in [0.25, 0.3) is 0 Å². The highest BCUT2D eigenvalue weighted by Gasteiger charge is 2.49. The summed E-state index contributed by atoms with van der Waals surface area (Å²) in [6.07, 6.45) is 4.76. The van der Waals surface area contributed by atoms with Gasteiger partial charge in [-0.15, -0.1) is 0 Å². The van der Waals surface area contributed by atoms with Gasteiger partial charge in [-0.05, 0) is 30.9 Å². The molecule has 1 spiro atoms. The van der Waals surface area contributed by atoms with E-state index in [9.17, 15) is 8.42 Å². The van der Waals surface area contributed by atoms with Gasteiger partial charge in [-0.1, -0.05) is 24.6 Å². The molecule has 0 radical (unpaired) electrons. The molecular weight excluding hydrogens is 234 g/mol. The predicted molar refractivity (Wildman–Crippen MR) is 68.9 cm³/mol. The Kier molecular flexibility index (Phi) is 2.12. The first-order valence-electron chi connectivity index (χ1n) is 6.02. The zero-order valence-corrected chi connectivity index (χ0v) is 11.0. The molecule has 4 heteroatoms. The minimum absolute atomic E-state index is 0.116. The normalized spacial score (nSPS) is 21.4. The maximum atomic E-state index is 11.9. The van der Waals surface area contributed by atoms with Gasteiger partial charge in [0.15, 0.2) is 0 Å². The molecule has 1 heterocycles. The van der Waals surface area contributed by atoms with Crippen LogP contribution in [0.5, 0.6) is 0 Å². The number of nitrogens with zero attached hydrogens (tertiary/aromatic N) is 1. The van der Waals surface area contributed by atoms with Crippen LogP contribution in [0.3, 0.4) is 0 Å². The quantitative estimate of drug-likeness (QED) is 0.767. The lowest BCUT2D eigenvalue weighted by Crippen LogP contribution is -2.41. The van der Waals surface area contributed by atoms with E-state index in [1.807, 2.05) is 19.1 Å². The molecule has 1 fully saturated rings. The van der Waals surface area contributed by atoms with Crippen LogP contribution in [0.4, 0.5) is 5.69 Å². The molecule has 2 aliphatic rings. The Morgan fingerprint density at radius 2 is 2.00 bits per heavy atom. The Labute approximate surface area is 102 Å². The van der Waals surface area contributed by atoms with Crippen molar-refractivity contribution >= 4 is 15.7 Å². The van der Waals surface area contributed by atoms with Crippen LogP contribution in [-0.4, -0.2) is 21.2 Å². The van der Waals surface area contributed by atoms with E-state index in [2.05, 4.69) is 6.07 Å². The van der Waals surface area contributed by atoms with Crippen molar-refractivity contribution < 1.29 is 8.42 Å². The third-order valence-corrected chi connectivity index (χ3v) is 5.33. The standard InChI is InChI=1S/C13H17NO2S/c1-10-5-3-6-11-12(10)14(17(2,15)16)9-13(11)7-4-8-13/h3,5-6H,4,7-9H2,1-2H3. The molecular formula is C13H17NO2S. The van der Waals surface area contributed by atoms with Crippen molar-refractivity contribution in [2.24, 2.45) is 0 Å². The predicted octanol–water partition coefficient (Wildman–Crippen LogP) is 2.20. The molecule has 3 nitrogen and oxygen atoms in total. The average Bonchev–Trinajstić information content (AvgIpc) is 2.53. The van der Waals surface area contributed by atoms with Gasteiger partial charge < -0.3 is 0 Å². The highest BCUT2D eigenvalue weighted by Crippen LogP contribution is 2.53. The van der Waals surface area contributed by atoms with Crippen LogP contribution in [0, 0.1) is 6.92 Å². The lowest BCUT2D eigenvalue weighted by molar-refractivity contribution is 0.268. The number of rotatable bonds is 1. The number of hydrogen-bond acceptors (Lipinski definition) is 2. The van der Waals surface area contributed by atoms with Crippen molar-refractivity contribution in [3.05, 3.63) is 29.3 Å². The van der Waals surface area contributed by atoms with Crippen molar-refractivity contribution in [2.45, 2.75) is 31.6 Å². The van der Waals surface area contributed by atoms with Gasteiger partial charge in [0.05, 0.1) is 11.9 Å². The lowest BCUT2D eigenvalue weighted by Gasteiger charge is -2.38. The van der Waals surface area contributed by atoms with Gasteiger partial charge in [0.25, 0.3) is 0 Å². The molecule has 17 heavy (non-hydrogen) atoms. The van der Waals surface area contributed by atoms with Crippen LogP contribution in [0.2, 0.25) is 0 Å². The summed E-state index contributed by atoms with van der Waals surface area (Å²) in [5.41, 5.74) is 3.37. The monoisotopic (exact) mass is 251 g/mol. The minimum Gasteiger partial charge on any atom is -0.269 e. The van der Waals surface area contributed by atoms with E-state index in [1.54, 1.807) is 4.31 Å². The second kappa shape index (κ2) is 3.25. The Bertz CT molecular complexity index is 573. The molecule has 1 aliphatic carbocycles. The van der Waals surface area contributed by atoms with E-state index in [1.165, 1.54) is 18.2 Å². The topological polar surface area (TPSA) is 37.4 Å². The molecule has 0 N–H and O–H groups in total. The van der Waals surface area contributed by atoms with Gasteiger partial charge in [-0.2, -0.15) is 0 Å². The van der Waals surface area contributed by atoms with E-state index in [4.69, 9.17) is 0 Å². The van der Waals surface area contributed by atoms with Crippen molar-refractivity contribution in [2.75, 3.05) is 17.1 Å². The number of aryl methyl sites for hydroxylation is 1. The third-order valence-electron chi connectivity index (χ3n) is 4.22. The third kappa shape index (κ3) is 1.43. The smallest absolute Gasteiger partial charge is 0.232 e. The minimum atomic E-state index is -3.15. The molecule has 0 atom stereocenters. The molecule has 0 unspecified atom stereocenters. The largest absolute Gasteiger partial charge is 0.269 e. The molecule has 1 aromatic carbocycles. The van der Waals surface area contributed by atoms with Crippen LogP contribution >= 0.6 is 0 Å². The van der Waals surface area contributed by atoms with Gasteiger partial charge in [-0.3, -0.25) is 4.31 Å². The zero-order valence-electron chi connectivity index (χ0n) is 10.2. The maximum Gasteiger partial charge on any atom is 0.232 e.